The zero-order valence-electron chi connectivity index (χ0n) is 11.8. The Labute approximate surface area is 143 Å². The van der Waals surface area contributed by atoms with Gasteiger partial charge < -0.3 is 9.94 Å². The van der Waals surface area contributed by atoms with Crippen molar-refractivity contribution < 1.29 is 8.64 Å². The zero-order chi connectivity index (χ0) is 16.7. The molecule has 1 heterocycles. The topological polar surface area (TPSA) is 68.0 Å². The molecule has 0 fully saturated rings. The lowest BCUT2D eigenvalue weighted by Gasteiger charge is -2.16. The number of hydrogen-bond acceptors (Lipinski definition) is 3. The van der Waals surface area contributed by atoms with Gasteiger partial charge in [0, 0.05) is 15.9 Å². The number of benzene rings is 2. The van der Waals surface area contributed by atoms with Crippen LogP contribution in [0.3, 0.4) is 0 Å². The van der Waals surface area contributed by atoms with Gasteiger partial charge in [-0.05, 0) is 25.1 Å². The minimum absolute atomic E-state index is 0.0132. The normalized spacial score (nSPS) is 12.5. The molecule has 1 atom stereocenters. The first-order chi connectivity index (χ1) is 10.9. The van der Waals surface area contributed by atoms with Crippen molar-refractivity contribution in [2.24, 2.45) is 0 Å². The molecule has 1 unspecified atom stereocenters. The maximum atomic E-state index is 12.7. The second kappa shape index (κ2) is 5.96. The summed E-state index contributed by atoms with van der Waals surface area (Å²) in [6, 6.07) is 11.1. The average Bonchev–Trinajstić information content (AvgIpc) is 2.55. The first-order valence-corrected chi connectivity index (χ1v) is 8.43. The zero-order valence-corrected chi connectivity index (χ0v) is 14.2. The highest BCUT2D eigenvalue weighted by molar-refractivity contribution is 7.85. The third kappa shape index (κ3) is 2.63. The van der Waals surface area contributed by atoms with Gasteiger partial charge in [0.05, 0.1) is 20.2 Å². The summed E-state index contributed by atoms with van der Waals surface area (Å²) in [6.45, 7) is 1.44. The van der Waals surface area contributed by atoms with Gasteiger partial charge in [0.2, 0.25) is 0 Å². The summed E-state index contributed by atoms with van der Waals surface area (Å²) in [5, 5.41) is 12.6. The van der Waals surface area contributed by atoms with Gasteiger partial charge in [-0.25, -0.2) is 4.21 Å². The summed E-state index contributed by atoms with van der Waals surface area (Å²) in [7, 11) is -1.79. The molecule has 0 N–H and O–H groups in total. The first kappa shape index (κ1) is 16.0. The number of fused-ring (bicyclic) bond motifs is 1. The first-order valence-electron chi connectivity index (χ1n) is 6.53. The van der Waals surface area contributed by atoms with Gasteiger partial charge >= 0.3 is 5.03 Å². The predicted octanol–water partition coefficient (Wildman–Crippen LogP) is 3.68. The molecule has 0 amide bonds. The van der Waals surface area contributed by atoms with Crippen LogP contribution >= 0.6 is 23.2 Å². The predicted molar refractivity (Wildman–Crippen MR) is 89.9 cm³/mol. The van der Waals surface area contributed by atoms with E-state index in [-0.39, 0.29) is 31.8 Å². The lowest BCUT2D eigenvalue weighted by Crippen LogP contribution is -2.27. The fourth-order valence-electron chi connectivity index (χ4n) is 2.24. The Kier molecular flexibility index (Phi) is 4.14. The van der Waals surface area contributed by atoms with Gasteiger partial charge in [-0.2, -0.15) is 0 Å². The Morgan fingerprint density at radius 1 is 1.13 bits per heavy atom. The second-order valence-corrected chi connectivity index (χ2v) is 7.03. The smallest absolute Gasteiger partial charge is 0.350 e. The largest absolute Gasteiger partial charge is 0.805 e. The molecule has 23 heavy (non-hydrogen) atoms. The number of halogens is 2. The summed E-state index contributed by atoms with van der Waals surface area (Å²) in [6.07, 6.45) is 0. The lowest BCUT2D eigenvalue weighted by atomic mass is 10.3. The van der Waals surface area contributed by atoms with Gasteiger partial charge in [-0.3, -0.25) is 0 Å². The number of rotatable bonds is 2. The fourth-order valence-corrected chi connectivity index (χ4v) is 3.78. The van der Waals surface area contributed by atoms with Crippen molar-refractivity contribution in [1.29, 1.82) is 0 Å². The summed E-state index contributed by atoms with van der Waals surface area (Å²) < 4.78 is 13.7. The minimum atomic E-state index is -1.79. The Morgan fingerprint density at radius 3 is 2.39 bits per heavy atom. The summed E-state index contributed by atoms with van der Waals surface area (Å²) in [4.78, 5) is 13.1. The third-order valence-electron chi connectivity index (χ3n) is 3.39. The Balaban J connectivity index is 2.37. The molecule has 0 radical (unpaired) electrons. The summed E-state index contributed by atoms with van der Waals surface area (Å²) in [5.74, 6) is 0. The molecule has 118 valence electrons. The van der Waals surface area contributed by atoms with Crippen LogP contribution in [0.15, 0.2) is 52.4 Å². The van der Waals surface area contributed by atoms with E-state index >= 15 is 0 Å². The molecule has 0 bridgehead atoms. The maximum Gasteiger partial charge on any atom is 0.350 e. The Morgan fingerprint density at radius 2 is 1.74 bits per heavy atom. The standard InChI is InChI=1S/C15H10Cl2N2O3S/c1-9-15(23(22)10-5-3-2-4-6-10)19(21)14-8-12(17)11(16)7-13(14)18(9)20/h2-8H,1H3. The van der Waals surface area contributed by atoms with Crippen LogP contribution in [0.4, 0.5) is 0 Å². The number of nitrogens with zero attached hydrogens (tertiary/aromatic N) is 2. The van der Waals surface area contributed by atoms with E-state index in [2.05, 4.69) is 0 Å². The highest BCUT2D eigenvalue weighted by Crippen LogP contribution is 2.28. The molecule has 3 aromatic rings. The molecule has 0 saturated carbocycles. The SMILES string of the molecule is Cc1c(S(=O)c2ccccc2)[n+](=O)c2cc(Cl)c(Cl)cc2n1[O-]. The van der Waals surface area contributed by atoms with E-state index in [4.69, 9.17) is 23.2 Å². The highest BCUT2D eigenvalue weighted by atomic mass is 35.5. The van der Waals surface area contributed by atoms with E-state index in [9.17, 15) is 14.3 Å². The molecular formula is C15H10Cl2N2O3S. The van der Waals surface area contributed by atoms with Crippen molar-refractivity contribution in [3.63, 3.8) is 0 Å². The number of hydrogen-bond donors (Lipinski definition) is 0. The molecule has 1 aromatic heterocycles. The highest BCUT2D eigenvalue weighted by Gasteiger charge is 2.27. The number of aromatic nitrogens is 2. The third-order valence-corrected chi connectivity index (χ3v) is 5.62. The van der Waals surface area contributed by atoms with Crippen LogP contribution < -0.4 is 4.43 Å². The van der Waals surface area contributed by atoms with Crippen LogP contribution in [-0.4, -0.2) is 8.94 Å². The van der Waals surface area contributed by atoms with Gasteiger partial charge in [-0.1, -0.05) is 41.4 Å². The average molecular weight is 369 g/mol. The Bertz CT molecular complexity index is 1000. The monoisotopic (exact) mass is 368 g/mol. The van der Waals surface area contributed by atoms with E-state index in [0.29, 0.717) is 14.1 Å². The quantitative estimate of drug-likeness (QED) is 0.647. The van der Waals surface area contributed by atoms with Gasteiger partial charge in [0.25, 0.3) is 5.52 Å². The van der Waals surface area contributed by atoms with Crippen molar-refractivity contribution in [1.82, 2.24) is 4.73 Å². The molecular weight excluding hydrogens is 359 g/mol. The van der Waals surface area contributed by atoms with Gasteiger partial charge in [0.15, 0.2) is 10.8 Å². The van der Waals surface area contributed by atoms with E-state index in [1.54, 1.807) is 30.3 Å². The van der Waals surface area contributed by atoms with Gasteiger partial charge in [0.1, 0.15) is 5.52 Å². The van der Waals surface area contributed by atoms with Crippen LogP contribution in [0.2, 0.25) is 10.0 Å². The van der Waals surface area contributed by atoms with E-state index in [0.717, 1.165) is 0 Å². The van der Waals surface area contributed by atoms with Crippen LogP contribution in [0.5, 0.6) is 0 Å². The molecule has 0 spiro atoms. The molecule has 3 rings (SSSR count). The molecule has 2 aromatic carbocycles. The van der Waals surface area contributed by atoms with E-state index < -0.39 is 10.8 Å². The van der Waals surface area contributed by atoms with E-state index in [1.165, 1.54) is 19.1 Å². The molecule has 0 saturated heterocycles. The molecule has 8 heteroatoms. The fraction of sp³-hybridized carbons (Fsp3) is 0.0667. The second-order valence-electron chi connectivity index (χ2n) is 4.82. The van der Waals surface area contributed by atoms with Crippen molar-refractivity contribution >= 4 is 45.0 Å². The van der Waals surface area contributed by atoms with Crippen LogP contribution in [-0.2, 0) is 10.8 Å². The van der Waals surface area contributed by atoms with E-state index in [1.807, 2.05) is 0 Å². The molecule has 0 aliphatic rings. The summed E-state index contributed by atoms with van der Waals surface area (Å²) in [5.41, 5.74) is 0.132. The van der Waals surface area contributed by atoms with Gasteiger partial charge in [-0.15, -0.1) is 0 Å². The van der Waals surface area contributed by atoms with Crippen molar-refractivity contribution in [2.75, 3.05) is 0 Å². The molecule has 5 nitrogen and oxygen atoms in total. The van der Waals surface area contributed by atoms with Crippen LogP contribution in [0.25, 0.3) is 11.0 Å². The molecule has 0 aliphatic heterocycles. The van der Waals surface area contributed by atoms with Crippen LogP contribution in [0.1, 0.15) is 5.69 Å². The van der Waals surface area contributed by atoms with Crippen molar-refractivity contribution in [3.05, 3.63) is 68.3 Å². The van der Waals surface area contributed by atoms with Crippen LogP contribution in [0, 0.1) is 17.0 Å². The minimum Gasteiger partial charge on any atom is -0.805 e. The van der Waals surface area contributed by atoms with Crippen molar-refractivity contribution in [3.8, 4) is 0 Å². The maximum absolute atomic E-state index is 12.7. The Hall–Kier alpha value is -1.89. The summed E-state index contributed by atoms with van der Waals surface area (Å²) >= 11 is 11.8. The molecule has 0 aliphatic carbocycles. The van der Waals surface area contributed by atoms with Crippen molar-refractivity contribution in [2.45, 2.75) is 16.8 Å². The lowest BCUT2D eigenvalue weighted by molar-refractivity contribution is -0.511.